The zero-order valence-corrected chi connectivity index (χ0v) is 10.8. The Morgan fingerprint density at radius 3 is 3.06 bits per heavy atom. The highest BCUT2D eigenvalue weighted by Crippen LogP contribution is 2.16. The van der Waals surface area contributed by atoms with E-state index in [2.05, 4.69) is 10.6 Å². The second kappa shape index (κ2) is 6.16. The van der Waals surface area contributed by atoms with Crippen molar-refractivity contribution >= 4 is 17.5 Å². The van der Waals surface area contributed by atoms with Gasteiger partial charge in [-0.25, -0.2) is 4.39 Å². The van der Waals surface area contributed by atoms with Gasteiger partial charge < -0.3 is 10.6 Å². The number of rotatable bonds is 4. The molecule has 1 aliphatic rings. The first-order valence-corrected chi connectivity index (χ1v) is 6.47. The Balaban J connectivity index is 1.79. The molecule has 2 rings (SSSR count). The van der Waals surface area contributed by atoms with Crippen LogP contribution in [0.4, 0.5) is 4.39 Å². The molecule has 1 aromatic carbocycles. The van der Waals surface area contributed by atoms with Gasteiger partial charge in [-0.2, -0.15) is 0 Å². The Labute approximate surface area is 111 Å². The van der Waals surface area contributed by atoms with Crippen molar-refractivity contribution in [1.82, 2.24) is 10.6 Å². The molecule has 5 heteroatoms. The predicted molar refractivity (Wildman–Crippen MR) is 68.9 cm³/mol. The van der Waals surface area contributed by atoms with Crippen LogP contribution >= 0.6 is 11.6 Å². The van der Waals surface area contributed by atoms with Crippen LogP contribution < -0.4 is 10.6 Å². The van der Waals surface area contributed by atoms with Crippen molar-refractivity contribution in [2.24, 2.45) is 0 Å². The highest BCUT2D eigenvalue weighted by Gasteiger charge is 2.17. The summed E-state index contributed by atoms with van der Waals surface area (Å²) < 4.78 is 12.9. The van der Waals surface area contributed by atoms with Gasteiger partial charge in [-0.15, -0.1) is 0 Å². The maximum atomic E-state index is 12.9. The SMILES string of the molecule is O=C(CC1CCCN1)NCc1ccc(F)c(Cl)c1. The van der Waals surface area contributed by atoms with Crippen molar-refractivity contribution in [1.29, 1.82) is 0 Å². The molecule has 1 aliphatic heterocycles. The molecule has 1 aromatic rings. The van der Waals surface area contributed by atoms with Crippen LogP contribution in [-0.2, 0) is 11.3 Å². The van der Waals surface area contributed by atoms with Crippen LogP contribution in [0, 0.1) is 5.82 Å². The van der Waals surface area contributed by atoms with E-state index in [1.807, 2.05) is 0 Å². The van der Waals surface area contributed by atoms with Crippen LogP contribution in [0.1, 0.15) is 24.8 Å². The number of nitrogens with one attached hydrogen (secondary N) is 2. The van der Waals surface area contributed by atoms with Crippen LogP contribution in [0.3, 0.4) is 0 Å². The molecular weight excluding hydrogens is 255 g/mol. The molecule has 0 bridgehead atoms. The molecule has 1 fully saturated rings. The minimum atomic E-state index is -0.443. The number of halogens is 2. The van der Waals surface area contributed by atoms with Gasteiger partial charge in [0, 0.05) is 19.0 Å². The van der Waals surface area contributed by atoms with Gasteiger partial charge in [-0.05, 0) is 37.1 Å². The van der Waals surface area contributed by atoms with E-state index < -0.39 is 5.82 Å². The van der Waals surface area contributed by atoms with Gasteiger partial charge in [-0.1, -0.05) is 17.7 Å². The van der Waals surface area contributed by atoms with Crippen molar-refractivity contribution in [2.45, 2.75) is 31.8 Å². The summed E-state index contributed by atoms with van der Waals surface area (Å²) in [4.78, 5) is 11.7. The number of hydrogen-bond donors (Lipinski definition) is 2. The maximum Gasteiger partial charge on any atom is 0.221 e. The quantitative estimate of drug-likeness (QED) is 0.881. The Bertz CT molecular complexity index is 433. The monoisotopic (exact) mass is 270 g/mol. The van der Waals surface area contributed by atoms with Gasteiger partial charge in [0.2, 0.25) is 5.91 Å². The standard InChI is InChI=1S/C13H16ClFN2O/c14-11-6-9(3-4-12(11)15)8-17-13(18)7-10-2-1-5-16-10/h3-4,6,10,16H,1-2,5,7-8H2,(H,17,18). The first kappa shape index (κ1) is 13.3. The molecule has 1 amide bonds. The number of carbonyl (C=O) groups excluding carboxylic acids is 1. The molecular formula is C13H16ClFN2O. The van der Waals surface area contributed by atoms with Crippen LogP contribution in [0.15, 0.2) is 18.2 Å². The molecule has 0 radical (unpaired) electrons. The molecule has 1 atom stereocenters. The summed E-state index contributed by atoms with van der Waals surface area (Å²) >= 11 is 5.67. The Morgan fingerprint density at radius 2 is 2.39 bits per heavy atom. The van der Waals surface area contributed by atoms with E-state index in [9.17, 15) is 9.18 Å². The van der Waals surface area contributed by atoms with E-state index in [-0.39, 0.29) is 10.9 Å². The van der Waals surface area contributed by atoms with Crippen molar-refractivity contribution in [3.05, 3.63) is 34.6 Å². The van der Waals surface area contributed by atoms with Crippen LogP contribution in [-0.4, -0.2) is 18.5 Å². The predicted octanol–water partition coefficient (Wildman–Crippen LogP) is 2.24. The van der Waals surface area contributed by atoms with E-state index in [1.54, 1.807) is 6.07 Å². The zero-order chi connectivity index (χ0) is 13.0. The lowest BCUT2D eigenvalue weighted by Gasteiger charge is -2.10. The van der Waals surface area contributed by atoms with Gasteiger partial charge in [0.1, 0.15) is 5.82 Å². The lowest BCUT2D eigenvalue weighted by molar-refractivity contribution is -0.121. The summed E-state index contributed by atoms with van der Waals surface area (Å²) in [5.41, 5.74) is 0.800. The molecule has 1 heterocycles. The van der Waals surface area contributed by atoms with E-state index in [0.717, 1.165) is 24.9 Å². The highest BCUT2D eigenvalue weighted by atomic mass is 35.5. The zero-order valence-electron chi connectivity index (χ0n) is 10.0. The summed E-state index contributed by atoms with van der Waals surface area (Å²) in [5, 5.41) is 6.17. The van der Waals surface area contributed by atoms with E-state index in [0.29, 0.717) is 19.0 Å². The van der Waals surface area contributed by atoms with Crippen LogP contribution in [0.5, 0.6) is 0 Å². The van der Waals surface area contributed by atoms with Gasteiger partial charge >= 0.3 is 0 Å². The third-order valence-corrected chi connectivity index (χ3v) is 3.36. The second-order valence-corrected chi connectivity index (χ2v) is 4.93. The fourth-order valence-electron chi connectivity index (χ4n) is 2.08. The van der Waals surface area contributed by atoms with Gasteiger partial charge in [0.15, 0.2) is 0 Å². The fourth-order valence-corrected chi connectivity index (χ4v) is 2.28. The molecule has 18 heavy (non-hydrogen) atoms. The molecule has 2 N–H and O–H groups in total. The number of benzene rings is 1. The minimum absolute atomic E-state index is 0.00912. The summed E-state index contributed by atoms with van der Waals surface area (Å²) in [5.74, 6) is -0.434. The smallest absolute Gasteiger partial charge is 0.221 e. The molecule has 98 valence electrons. The molecule has 3 nitrogen and oxygen atoms in total. The Kier molecular flexibility index (Phi) is 4.55. The molecule has 1 unspecified atom stereocenters. The average molecular weight is 271 g/mol. The summed E-state index contributed by atoms with van der Waals surface area (Å²) in [6, 6.07) is 4.75. The van der Waals surface area contributed by atoms with Gasteiger partial charge in [-0.3, -0.25) is 4.79 Å². The molecule has 0 spiro atoms. The fraction of sp³-hybridized carbons (Fsp3) is 0.462. The number of carbonyl (C=O) groups is 1. The van der Waals surface area contributed by atoms with Crippen molar-refractivity contribution in [2.75, 3.05) is 6.54 Å². The normalized spacial score (nSPS) is 18.9. The molecule has 1 saturated heterocycles. The average Bonchev–Trinajstić information content (AvgIpc) is 2.83. The Hall–Kier alpha value is -1.13. The van der Waals surface area contributed by atoms with E-state index in [4.69, 9.17) is 11.6 Å². The third-order valence-electron chi connectivity index (χ3n) is 3.07. The highest BCUT2D eigenvalue weighted by molar-refractivity contribution is 6.30. The van der Waals surface area contributed by atoms with Gasteiger partial charge in [0.05, 0.1) is 5.02 Å². The van der Waals surface area contributed by atoms with E-state index >= 15 is 0 Å². The lowest BCUT2D eigenvalue weighted by Crippen LogP contribution is -2.31. The van der Waals surface area contributed by atoms with E-state index in [1.165, 1.54) is 12.1 Å². The lowest BCUT2D eigenvalue weighted by atomic mass is 10.1. The number of amides is 1. The largest absolute Gasteiger partial charge is 0.352 e. The summed E-state index contributed by atoms with van der Waals surface area (Å²) in [6.07, 6.45) is 2.68. The molecule has 0 aromatic heterocycles. The number of hydrogen-bond acceptors (Lipinski definition) is 2. The van der Waals surface area contributed by atoms with Crippen LogP contribution in [0.2, 0.25) is 5.02 Å². The summed E-state index contributed by atoms with van der Waals surface area (Å²) in [6.45, 7) is 1.37. The Morgan fingerprint density at radius 1 is 1.56 bits per heavy atom. The second-order valence-electron chi connectivity index (χ2n) is 4.52. The van der Waals surface area contributed by atoms with Crippen molar-refractivity contribution in [3.63, 3.8) is 0 Å². The van der Waals surface area contributed by atoms with Gasteiger partial charge in [0.25, 0.3) is 0 Å². The first-order valence-electron chi connectivity index (χ1n) is 6.09. The molecule has 0 aliphatic carbocycles. The maximum absolute atomic E-state index is 12.9. The minimum Gasteiger partial charge on any atom is -0.352 e. The summed E-state index contributed by atoms with van der Waals surface area (Å²) in [7, 11) is 0. The third kappa shape index (κ3) is 3.68. The van der Waals surface area contributed by atoms with Crippen LogP contribution in [0.25, 0.3) is 0 Å². The molecule has 0 saturated carbocycles. The van der Waals surface area contributed by atoms with Crippen molar-refractivity contribution < 1.29 is 9.18 Å². The topological polar surface area (TPSA) is 41.1 Å². The first-order chi connectivity index (χ1) is 8.65. The van der Waals surface area contributed by atoms with Crippen molar-refractivity contribution in [3.8, 4) is 0 Å².